The van der Waals surface area contributed by atoms with E-state index in [2.05, 4.69) is 37.2 Å². The van der Waals surface area contributed by atoms with Crippen LogP contribution in [-0.4, -0.2) is 54.7 Å². The van der Waals surface area contributed by atoms with Crippen LogP contribution in [0.2, 0.25) is 0 Å². The van der Waals surface area contributed by atoms with E-state index in [1.54, 1.807) is 4.52 Å². The molecule has 1 atom stereocenters. The predicted molar refractivity (Wildman–Crippen MR) is 120 cm³/mol. The normalized spacial score (nSPS) is 17.5. The number of piperidine rings is 1. The highest BCUT2D eigenvalue weighted by Crippen LogP contribution is 2.22. The number of aryl methyl sites for hydroxylation is 2. The zero-order valence-corrected chi connectivity index (χ0v) is 19.4. The van der Waals surface area contributed by atoms with Gasteiger partial charge in [-0.25, -0.2) is 14.5 Å². The van der Waals surface area contributed by atoms with Gasteiger partial charge in [-0.05, 0) is 45.4 Å². The van der Waals surface area contributed by atoms with Crippen LogP contribution in [0.1, 0.15) is 42.4 Å². The van der Waals surface area contributed by atoms with Crippen molar-refractivity contribution in [3.8, 4) is 0 Å². The highest BCUT2D eigenvalue weighted by Gasteiger charge is 2.19. The molecule has 3 aromatic heterocycles. The van der Waals surface area contributed by atoms with Gasteiger partial charge in [0.15, 0.2) is 5.13 Å². The Labute approximate surface area is 184 Å². The quantitative estimate of drug-likeness (QED) is 0.582. The summed E-state index contributed by atoms with van der Waals surface area (Å²) in [7, 11) is 0. The van der Waals surface area contributed by atoms with Crippen molar-refractivity contribution in [2.45, 2.75) is 51.7 Å². The maximum Gasteiger partial charge on any atom is 0.253 e. The van der Waals surface area contributed by atoms with Crippen LogP contribution in [0.3, 0.4) is 0 Å². The van der Waals surface area contributed by atoms with E-state index in [-0.39, 0.29) is 12.3 Å². The second kappa shape index (κ2) is 8.99. The zero-order chi connectivity index (χ0) is 21.3. The van der Waals surface area contributed by atoms with Crippen LogP contribution in [0.25, 0.3) is 5.78 Å². The van der Waals surface area contributed by atoms with E-state index in [1.807, 2.05) is 25.5 Å². The number of thiazole rings is 1. The minimum absolute atomic E-state index is 0.0972. The number of hydrogen-bond acceptors (Lipinski definition) is 8. The number of likely N-dealkylation sites (tertiary alicyclic amines) is 1. The summed E-state index contributed by atoms with van der Waals surface area (Å²) >= 11 is 2.95. The summed E-state index contributed by atoms with van der Waals surface area (Å²) in [6.07, 6.45) is 4.71. The van der Waals surface area contributed by atoms with Crippen LogP contribution in [0.4, 0.5) is 5.13 Å². The number of carbonyl (C=O) groups excluding carboxylic acids is 1. The Morgan fingerprint density at radius 2 is 2.17 bits per heavy atom. The molecule has 1 unspecified atom stereocenters. The van der Waals surface area contributed by atoms with E-state index in [4.69, 9.17) is 0 Å². The number of fused-ring (bicyclic) bond motifs is 1. The first-order chi connectivity index (χ1) is 14.4. The summed E-state index contributed by atoms with van der Waals surface area (Å²) in [6, 6.07) is 0. The predicted octanol–water partition coefficient (Wildman–Crippen LogP) is 3.33. The van der Waals surface area contributed by atoms with Gasteiger partial charge >= 0.3 is 0 Å². The van der Waals surface area contributed by atoms with E-state index in [0.717, 1.165) is 48.2 Å². The Bertz CT molecular complexity index is 1060. The van der Waals surface area contributed by atoms with Gasteiger partial charge in [0.2, 0.25) is 11.1 Å². The van der Waals surface area contributed by atoms with Crippen LogP contribution in [0.15, 0.2) is 10.5 Å². The summed E-state index contributed by atoms with van der Waals surface area (Å²) in [5, 5.41) is 10.8. The molecule has 160 valence electrons. The summed E-state index contributed by atoms with van der Waals surface area (Å²) < 4.78 is 1.71. The minimum atomic E-state index is -0.0972. The standard InChI is InChI=1S/C20H27N7OS2/c1-12-6-5-7-26(9-12)10-15-11-30-19(22-15)23-17(28)8-16-13(2)21-18-24-20(29-4)25-27(18)14(16)3/h11-12H,5-10H2,1-4H3,(H,22,23,28). The van der Waals surface area contributed by atoms with Gasteiger partial charge in [0.25, 0.3) is 5.78 Å². The monoisotopic (exact) mass is 445 g/mol. The molecule has 4 heterocycles. The van der Waals surface area contributed by atoms with Crippen LogP contribution < -0.4 is 5.32 Å². The van der Waals surface area contributed by atoms with E-state index in [9.17, 15) is 4.79 Å². The maximum absolute atomic E-state index is 12.7. The molecule has 0 saturated carbocycles. The summed E-state index contributed by atoms with van der Waals surface area (Å²) in [6.45, 7) is 9.25. The van der Waals surface area contributed by atoms with Gasteiger partial charge in [-0.1, -0.05) is 18.7 Å². The molecule has 30 heavy (non-hydrogen) atoms. The second-order valence-electron chi connectivity index (χ2n) is 7.92. The fourth-order valence-corrected chi connectivity index (χ4v) is 5.01. The molecular formula is C20H27N7OS2. The Morgan fingerprint density at radius 1 is 1.33 bits per heavy atom. The average molecular weight is 446 g/mol. The molecule has 0 bridgehead atoms. The third kappa shape index (κ3) is 4.65. The summed E-state index contributed by atoms with van der Waals surface area (Å²) in [5.41, 5.74) is 3.58. The van der Waals surface area contributed by atoms with Gasteiger partial charge in [0.05, 0.1) is 12.1 Å². The first-order valence-corrected chi connectivity index (χ1v) is 12.3. The van der Waals surface area contributed by atoms with Crippen molar-refractivity contribution in [2.24, 2.45) is 5.92 Å². The average Bonchev–Trinajstić information content (AvgIpc) is 3.31. The number of nitrogens with zero attached hydrogens (tertiary/aromatic N) is 6. The zero-order valence-electron chi connectivity index (χ0n) is 17.8. The molecule has 0 aliphatic carbocycles. The number of aromatic nitrogens is 5. The number of thioether (sulfide) groups is 1. The van der Waals surface area contributed by atoms with Gasteiger partial charge in [-0.15, -0.1) is 16.4 Å². The topological polar surface area (TPSA) is 88.3 Å². The third-order valence-corrected chi connectivity index (χ3v) is 6.82. The van der Waals surface area contributed by atoms with Crippen molar-refractivity contribution >= 4 is 39.9 Å². The van der Waals surface area contributed by atoms with Gasteiger partial charge < -0.3 is 5.32 Å². The van der Waals surface area contributed by atoms with Crippen molar-refractivity contribution in [3.05, 3.63) is 28.0 Å². The molecule has 1 aliphatic rings. The van der Waals surface area contributed by atoms with E-state index in [0.29, 0.717) is 16.1 Å². The van der Waals surface area contributed by atoms with Crippen molar-refractivity contribution < 1.29 is 4.79 Å². The third-order valence-electron chi connectivity index (χ3n) is 5.47. The largest absolute Gasteiger partial charge is 0.302 e. The fraction of sp³-hybridized carbons (Fsp3) is 0.550. The number of rotatable bonds is 6. The van der Waals surface area contributed by atoms with Crippen molar-refractivity contribution in [1.82, 2.24) is 29.5 Å². The molecule has 8 nitrogen and oxygen atoms in total. The lowest BCUT2D eigenvalue weighted by atomic mass is 10.0. The van der Waals surface area contributed by atoms with E-state index in [1.165, 1.54) is 35.9 Å². The molecule has 3 aromatic rings. The smallest absolute Gasteiger partial charge is 0.253 e. The van der Waals surface area contributed by atoms with E-state index >= 15 is 0 Å². The minimum Gasteiger partial charge on any atom is -0.302 e. The molecule has 10 heteroatoms. The first kappa shape index (κ1) is 21.2. The molecule has 1 saturated heterocycles. The Balaban J connectivity index is 1.42. The van der Waals surface area contributed by atoms with Crippen LogP contribution in [0.5, 0.6) is 0 Å². The molecule has 1 amide bonds. The number of amides is 1. The van der Waals surface area contributed by atoms with Crippen LogP contribution in [-0.2, 0) is 17.8 Å². The van der Waals surface area contributed by atoms with E-state index < -0.39 is 0 Å². The lowest BCUT2D eigenvalue weighted by Gasteiger charge is -2.30. The molecule has 1 N–H and O–H groups in total. The lowest BCUT2D eigenvalue weighted by molar-refractivity contribution is -0.115. The van der Waals surface area contributed by atoms with Crippen molar-refractivity contribution in [2.75, 3.05) is 24.7 Å². The number of anilines is 1. The number of hydrogen-bond donors (Lipinski definition) is 1. The molecule has 1 fully saturated rings. The number of nitrogens with one attached hydrogen (secondary N) is 1. The maximum atomic E-state index is 12.7. The van der Waals surface area contributed by atoms with Gasteiger partial charge in [0, 0.05) is 35.4 Å². The second-order valence-corrected chi connectivity index (χ2v) is 9.55. The van der Waals surface area contributed by atoms with Crippen LogP contribution in [0, 0.1) is 19.8 Å². The highest BCUT2D eigenvalue weighted by molar-refractivity contribution is 7.98. The molecular weight excluding hydrogens is 418 g/mol. The highest BCUT2D eigenvalue weighted by atomic mass is 32.2. The number of carbonyl (C=O) groups is 1. The van der Waals surface area contributed by atoms with Crippen molar-refractivity contribution in [1.29, 1.82) is 0 Å². The first-order valence-electron chi connectivity index (χ1n) is 10.2. The molecule has 1 aliphatic heterocycles. The Kier molecular flexibility index (Phi) is 6.35. The van der Waals surface area contributed by atoms with Crippen LogP contribution >= 0.6 is 23.1 Å². The summed E-state index contributed by atoms with van der Waals surface area (Å²) in [4.78, 5) is 28.7. The van der Waals surface area contributed by atoms with Gasteiger partial charge in [-0.2, -0.15) is 4.98 Å². The molecule has 0 aromatic carbocycles. The van der Waals surface area contributed by atoms with Crippen molar-refractivity contribution in [3.63, 3.8) is 0 Å². The van der Waals surface area contributed by atoms with Gasteiger partial charge in [0.1, 0.15) is 0 Å². The fourth-order valence-electron chi connectivity index (χ4n) is 3.95. The lowest BCUT2D eigenvalue weighted by Crippen LogP contribution is -2.33. The Hall–Kier alpha value is -2.04. The SMILES string of the molecule is CSc1nc2nc(C)c(CC(=O)Nc3nc(CN4CCCC(C)C4)cs3)c(C)n2n1. The Morgan fingerprint density at radius 3 is 2.93 bits per heavy atom. The summed E-state index contributed by atoms with van der Waals surface area (Å²) in [5.74, 6) is 1.21. The molecule has 0 radical (unpaired) electrons. The molecule has 4 rings (SSSR count). The van der Waals surface area contributed by atoms with Gasteiger partial charge in [-0.3, -0.25) is 9.69 Å². The molecule has 0 spiro atoms.